The van der Waals surface area contributed by atoms with Crippen molar-refractivity contribution in [1.82, 2.24) is 0 Å². The van der Waals surface area contributed by atoms with Crippen molar-refractivity contribution < 1.29 is 82.4 Å². The van der Waals surface area contributed by atoms with E-state index in [1.165, 1.54) is 81.4 Å². The van der Waals surface area contributed by atoms with Crippen molar-refractivity contribution in [2.75, 3.05) is 24.3 Å². The average Bonchev–Trinajstić information content (AvgIpc) is 0.843. The summed E-state index contributed by atoms with van der Waals surface area (Å²) in [5.74, 6) is 5.26. The largest absolute Gasteiger partial charge is 1.00 e. The molecule has 0 bridgehead atoms. The maximum Gasteiger partial charge on any atom is 1.00 e. The second-order valence-electron chi connectivity index (χ2n) is 19.8. The van der Waals surface area contributed by atoms with E-state index in [9.17, 15) is 0 Å². The topological polar surface area (TPSA) is 153 Å². The van der Waals surface area contributed by atoms with E-state index in [-0.39, 0.29) is 73.7 Å². The maximum absolute atomic E-state index is 8.25. The molecule has 0 saturated carbocycles. The number of aliphatic hydroxyl groups excluding tert-OH is 1. The van der Waals surface area contributed by atoms with Gasteiger partial charge in [0, 0.05) is 17.7 Å². The fourth-order valence-corrected chi connectivity index (χ4v) is 29.0. The Morgan fingerprint density at radius 1 is 0.240 bits per heavy atom. The van der Waals surface area contributed by atoms with Gasteiger partial charge in [0.25, 0.3) is 0 Å². The van der Waals surface area contributed by atoms with Gasteiger partial charge >= 0.3 is 67.1 Å². The Morgan fingerprint density at radius 3 is 0.375 bits per heavy atom. The van der Waals surface area contributed by atoms with Crippen molar-refractivity contribution in [3.63, 3.8) is 0 Å². The number of benzene rings is 12. The standard InChI is InChI=1S/3C25H22P2.C3H3O.3Ag.2NO3/c3*1-5-13-22(14-6-1)26(23-15-7-2-8-16-23)21-27(24-17-9-3-10-18-24)25-19-11-4-12-20-25;1-2-3-4;;;;2*2-1(3)4/h3*1-20H,21H2;4H,3H2;;;;;/q;;;-1;3*+1;2*-1. The van der Waals surface area contributed by atoms with Crippen LogP contribution in [-0.2, 0) is 67.1 Å². The molecule has 0 amide bonds. The zero-order valence-electron chi connectivity index (χ0n) is 51.8. The normalized spacial score (nSPS) is 10.0. The van der Waals surface area contributed by atoms with Gasteiger partial charge in [-0.25, -0.2) is 0 Å². The van der Waals surface area contributed by atoms with Gasteiger partial charge in [-0.2, -0.15) is 0 Å². The molecule has 0 aliphatic carbocycles. The number of rotatable bonds is 18. The zero-order valence-corrected chi connectivity index (χ0v) is 61.7. The Bertz CT molecular complexity index is 3120. The molecule has 0 unspecified atom stereocenters. The molecular formula is C78H69Ag3N2O7P6. The van der Waals surface area contributed by atoms with Crippen LogP contribution in [0.25, 0.3) is 0 Å². The third kappa shape index (κ3) is 28.8. The van der Waals surface area contributed by atoms with Crippen LogP contribution in [0.3, 0.4) is 0 Å². The van der Waals surface area contributed by atoms with E-state index in [4.69, 9.17) is 42.2 Å². The molecule has 0 aromatic heterocycles. The Labute approximate surface area is 619 Å². The summed E-state index contributed by atoms with van der Waals surface area (Å²) >= 11 is 0. The second-order valence-corrected chi connectivity index (χ2v) is 34.5. The van der Waals surface area contributed by atoms with Crippen molar-refractivity contribution in [2.24, 2.45) is 0 Å². The third-order valence-corrected chi connectivity index (χ3v) is 31.6. The van der Waals surface area contributed by atoms with Gasteiger partial charge in [0.15, 0.2) is 0 Å². The van der Waals surface area contributed by atoms with E-state index in [2.05, 4.69) is 364 Å². The van der Waals surface area contributed by atoms with E-state index in [1.807, 2.05) is 0 Å². The van der Waals surface area contributed by atoms with Gasteiger partial charge in [-0.15, -0.1) is 0 Å². The van der Waals surface area contributed by atoms with Crippen LogP contribution in [0.5, 0.6) is 0 Å². The first-order valence-corrected chi connectivity index (χ1v) is 38.7. The van der Waals surface area contributed by atoms with Crippen LogP contribution in [0, 0.1) is 43.0 Å². The molecule has 0 fully saturated rings. The summed E-state index contributed by atoms with van der Waals surface area (Å²) in [6.07, 6.45) is 5.95. The van der Waals surface area contributed by atoms with Crippen LogP contribution in [0.15, 0.2) is 364 Å². The Hall–Kier alpha value is -6.64. The summed E-state index contributed by atoms with van der Waals surface area (Å²) in [6.45, 7) is -0.264. The Morgan fingerprint density at radius 2 is 0.312 bits per heavy atom. The third-order valence-electron chi connectivity index (χ3n) is 13.7. The molecule has 0 atom stereocenters. The van der Waals surface area contributed by atoms with Gasteiger partial charge in [-0.05, 0) is 111 Å². The molecule has 0 aliphatic rings. The molecule has 12 aromatic carbocycles. The average molecular weight is 1660 g/mol. The minimum atomic E-state index is -1.75. The molecule has 0 aliphatic heterocycles. The van der Waals surface area contributed by atoms with Crippen LogP contribution in [0.4, 0.5) is 0 Å². The van der Waals surface area contributed by atoms with Crippen LogP contribution in [-0.4, -0.2) is 39.6 Å². The van der Waals surface area contributed by atoms with E-state index in [1.54, 1.807) is 5.92 Å². The molecule has 12 aromatic rings. The van der Waals surface area contributed by atoms with Gasteiger partial charge in [-0.1, -0.05) is 364 Å². The predicted octanol–water partition coefficient (Wildman–Crippen LogP) is 14.7. The fraction of sp³-hybridized carbons (Fsp3) is 0.0513. The van der Waals surface area contributed by atoms with E-state index < -0.39 is 57.7 Å². The second kappa shape index (κ2) is 48.1. The molecule has 12 rings (SSSR count). The molecule has 18 heteroatoms. The summed E-state index contributed by atoms with van der Waals surface area (Å²) in [4.78, 5) is 16.5. The van der Waals surface area contributed by atoms with Crippen LogP contribution < -0.4 is 63.7 Å². The molecule has 96 heavy (non-hydrogen) atoms. The fourth-order valence-electron chi connectivity index (χ4n) is 9.59. The van der Waals surface area contributed by atoms with Gasteiger partial charge in [0.1, 0.15) is 0 Å². The predicted molar refractivity (Wildman–Crippen MR) is 404 cm³/mol. The van der Waals surface area contributed by atoms with Crippen LogP contribution in [0.2, 0.25) is 0 Å². The van der Waals surface area contributed by atoms with E-state index >= 15 is 0 Å². The smallest absolute Gasteiger partial charge is 0.691 e. The maximum atomic E-state index is 8.25. The first-order chi connectivity index (χ1) is 45.6. The minimum Gasteiger partial charge on any atom is -0.691 e. The SMILES string of the molecule is O=[N+]([O-])[O-].O=[N+]([O-])[O-].[Ag+].[Ag+].[Ag+].[C-]#CCO.c1ccc(P(CP(c2ccccc2)c2ccccc2)c2ccccc2)cc1.c1ccc(P(CP(c2ccccc2)c2ccccc2)c2ccccc2)cc1.c1ccc(P(CP(c2ccccc2)c2ccccc2)c2ccccc2)cc1. The van der Waals surface area contributed by atoms with Gasteiger partial charge in [-0.3, -0.25) is 0 Å². The molecule has 496 valence electrons. The molecule has 0 spiro atoms. The van der Waals surface area contributed by atoms with Crippen molar-refractivity contribution >= 4 is 111 Å². The first-order valence-electron chi connectivity index (χ1n) is 29.5. The first kappa shape index (κ1) is 81.8. The van der Waals surface area contributed by atoms with Crippen molar-refractivity contribution in [3.05, 3.63) is 401 Å². The van der Waals surface area contributed by atoms with E-state index in [0.717, 1.165) is 0 Å². The quantitative estimate of drug-likeness (QED) is 0.0224. The molecule has 9 nitrogen and oxygen atoms in total. The van der Waals surface area contributed by atoms with Crippen molar-refractivity contribution in [2.45, 2.75) is 0 Å². The summed E-state index contributed by atoms with van der Waals surface area (Å²) < 4.78 is 0. The molecule has 0 heterocycles. The van der Waals surface area contributed by atoms with Crippen molar-refractivity contribution in [1.29, 1.82) is 0 Å². The Balaban J connectivity index is 0.000000278. The number of nitrogens with zero attached hydrogens (tertiary/aromatic N) is 2. The summed E-state index contributed by atoms with van der Waals surface area (Å²) in [7, 11) is -2.45. The number of hydrogen-bond acceptors (Lipinski definition) is 7. The molecule has 1 N–H and O–H groups in total. The number of aliphatic hydroxyl groups is 1. The van der Waals surface area contributed by atoms with Crippen LogP contribution >= 0.6 is 47.5 Å². The van der Waals surface area contributed by atoms with Gasteiger partial charge in [0.05, 0.1) is 16.8 Å². The monoisotopic (exact) mass is 1650 g/mol. The van der Waals surface area contributed by atoms with Gasteiger partial charge < -0.3 is 48.1 Å². The summed E-state index contributed by atoms with van der Waals surface area (Å²) in [5, 5.41) is 54.6. The molecule has 0 radical (unpaired) electrons. The molecule has 0 saturated heterocycles. The minimum absolute atomic E-state index is 0. The summed E-state index contributed by atoms with van der Waals surface area (Å²) in [5.41, 5.74) is 0. The zero-order chi connectivity index (χ0) is 65.5. The van der Waals surface area contributed by atoms with Crippen molar-refractivity contribution in [3.8, 4) is 5.92 Å². The van der Waals surface area contributed by atoms with Crippen LogP contribution in [0.1, 0.15) is 0 Å². The van der Waals surface area contributed by atoms with E-state index in [0.29, 0.717) is 0 Å². The number of hydrogen-bond donors (Lipinski definition) is 1. The Kier molecular flexibility index (Phi) is 41.0. The van der Waals surface area contributed by atoms with Gasteiger partial charge in [0.2, 0.25) is 0 Å². The molecular weight excluding hydrogens is 1590 g/mol. The summed E-state index contributed by atoms with van der Waals surface area (Å²) in [6, 6.07) is 132.